The normalized spacial score (nSPS) is 36.6. The number of hydrogen-bond acceptors (Lipinski definition) is 2. The monoisotopic (exact) mass is 256 g/mol. The smallest absolute Gasteiger partial charge is 0.140 e. The number of fused-ring (bicyclic) bond motifs is 2. The Morgan fingerprint density at radius 1 is 1.35 bits per heavy atom. The molecule has 0 saturated carbocycles. The molecule has 1 aromatic rings. The zero-order valence-corrected chi connectivity index (χ0v) is 10.8. The molecular weight excluding hydrogens is 239 g/mol. The first-order chi connectivity index (χ1) is 7.69. The third-order valence-electron chi connectivity index (χ3n) is 4.28. The zero-order valence-electron chi connectivity index (χ0n) is 9.97. The van der Waals surface area contributed by atoms with Crippen molar-refractivity contribution in [3.63, 3.8) is 0 Å². The zero-order chi connectivity index (χ0) is 11.2. The van der Waals surface area contributed by atoms with Crippen LogP contribution < -0.4 is 0 Å². The molecule has 2 nitrogen and oxygen atoms in total. The van der Waals surface area contributed by atoms with Gasteiger partial charge in [-0.1, -0.05) is 6.07 Å². The quantitative estimate of drug-likeness (QED) is 0.768. The van der Waals surface area contributed by atoms with E-state index in [4.69, 9.17) is 0 Å². The van der Waals surface area contributed by atoms with Gasteiger partial charge < -0.3 is 4.90 Å². The van der Waals surface area contributed by atoms with Gasteiger partial charge in [-0.05, 0) is 26.0 Å². The number of halogens is 2. The van der Waals surface area contributed by atoms with Crippen LogP contribution in [0.25, 0.3) is 0 Å². The number of alkyl halides is 1. The molecule has 17 heavy (non-hydrogen) atoms. The summed E-state index contributed by atoms with van der Waals surface area (Å²) in [5.74, 6) is 0. The van der Waals surface area contributed by atoms with Crippen LogP contribution in [0.4, 0.5) is 4.39 Å². The largest absolute Gasteiger partial charge is 0.300 e. The number of rotatable bonds is 1. The van der Waals surface area contributed by atoms with Crippen LogP contribution in [0.1, 0.15) is 31.2 Å². The molecule has 4 heteroatoms. The van der Waals surface area contributed by atoms with Gasteiger partial charge in [0.2, 0.25) is 0 Å². The van der Waals surface area contributed by atoms with E-state index in [9.17, 15) is 4.39 Å². The average molecular weight is 257 g/mol. The van der Waals surface area contributed by atoms with Crippen molar-refractivity contribution in [1.29, 1.82) is 0 Å². The predicted octanol–water partition coefficient (Wildman–Crippen LogP) is 2.92. The van der Waals surface area contributed by atoms with Crippen LogP contribution in [0.15, 0.2) is 24.5 Å². The Morgan fingerprint density at radius 3 is 2.53 bits per heavy atom. The van der Waals surface area contributed by atoms with Gasteiger partial charge in [0.15, 0.2) is 0 Å². The van der Waals surface area contributed by atoms with Gasteiger partial charge in [0.1, 0.15) is 5.67 Å². The molecular formula is C13H18ClFN2. The molecule has 0 aliphatic carbocycles. The molecule has 94 valence electrons. The number of hydrogen-bond donors (Lipinski definition) is 0. The maximum atomic E-state index is 15.0. The van der Waals surface area contributed by atoms with Crippen molar-refractivity contribution < 1.29 is 4.39 Å². The first kappa shape index (κ1) is 12.8. The van der Waals surface area contributed by atoms with Crippen molar-refractivity contribution in [2.45, 2.75) is 43.4 Å². The van der Waals surface area contributed by atoms with Crippen LogP contribution in [0.5, 0.6) is 0 Å². The van der Waals surface area contributed by atoms with Crippen LogP contribution in [0, 0.1) is 0 Å². The molecule has 3 heterocycles. The van der Waals surface area contributed by atoms with Crippen molar-refractivity contribution in [3.8, 4) is 0 Å². The van der Waals surface area contributed by atoms with Gasteiger partial charge in [0.05, 0.1) is 0 Å². The first-order valence-electron chi connectivity index (χ1n) is 6.00. The number of aromatic nitrogens is 1. The molecule has 2 bridgehead atoms. The van der Waals surface area contributed by atoms with Crippen LogP contribution >= 0.6 is 12.4 Å². The minimum Gasteiger partial charge on any atom is -0.300 e. The second-order valence-corrected chi connectivity index (χ2v) is 5.17. The molecule has 0 amide bonds. The summed E-state index contributed by atoms with van der Waals surface area (Å²) in [7, 11) is 2.13. The van der Waals surface area contributed by atoms with E-state index in [0.29, 0.717) is 24.9 Å². The van der Waals surface area contributed by atoms with Gasteiger partial charge >= 0.3 is 0 Å². The fraction of sp³-hybridized carbons (Fsp3) is 0.615. The summed E-state index contributed by atoms with van der Waals surface area (Å²) in [6.07, 6.45) is 6.94. The summed E-state index contributed by atoms with van der Waals surface area (Å²) < 4.78 is 15.0. The van der Waals surface area contributed by atoms with E-state index in [1.54, 1.807) is 12.4 Å². The van der Waals surface area contributed by atoms with Gasteiger partial charge in [0, 0.05) is 42.9 Å². The lowest BCUT2D eigenvalue weighted by Crippen LogP contribution is -2.45. The molecule has 1 unspecified atom stereocenters. The fourth-order valence-corrected chi connectivity index (χ4v) is 3.28. The molecule has 3 atom stereocenters. The van der Waals surface area contributed by atoms with E-state index in [1.807, 2.05) is 12.1 Å². The van der Waals surface area contributed by atoms with Crippen molar-refractivity contribution in [1.82, 2.24) is 9.88 Å². The molecule has 1 aromatic heterocycles. The lowest BCUT2D eigenvalue weighted by atomic mass is 9.83. The SMILES string of the molecule is CN1[C@@H]2CC[C@H]1CC(F)(c1cccnc1)C2.Cl. The van der Waals surface area contributed by atoms with Gasteiger partial charge in [-0.2, -0.15) is 0 Å². The van der Waals surface area contributed by atoms with Gasteiger partial charge in [-0.15, -0.1) is 12.4 Å². The standard InChI is InChI=1S/C13H17FN2.ClH/c1-16-11-4-5-12(16)8-13(14,7-11)10-3-2-6-15-9-10;/h2-3,6,9,11-12H,4-5,7-8H2,1H3;1H/t11-,12+,13?;. The highest BCUT2D eigenvalue weighted by atomic mass is 35.5. The lowest BCUT2D eigenvalue weighted by Gasteiger charge is -2.40. The van der Waals surface area contributed by atoms with Gasteiger partial charge in [-0.3, -0.25) is 4.98 Å². The summed E-state index contributed by atoms with van der Waals surface area (Å²) in [4.78, 5) is 6.40. The summed E-state index contributed by atoms with van der Waals surface area (Å²) in [6, 6.07) is 4.54. The van der Waals surface area contributed by atoms with Crippen molar-refractivity contribution in [3.05, 3.63) is 30.1 Å². The molecule has 0 aromatic carbocycles. The minimum atomic E-state index is -1.15. The minimum absolute atomic E-state index is 0. The predicted molar refractivity (Wildman–Crippen MR) is 68.1 cm³/mol. The van der Waals surface area contributed by atoms with Crippen molar-refractivity contribution >= 4 is 12.4 Å². The van der Waals surface area contributed by atoms with E-state index < -0.39 is 5.67 Å². The summed E-state index contributed by atoms with van der Waals surface area (Å²) in [5.41, 5.74) is -0.382. The number of piperidine rings is 1. The molecule has 2 saturated heterocycles. The third-order valence-corrected chi connectivity index (χ3v) is 4.28. The number of pyridine rings is 1. The molecule has 3 rings (SSSR count). The Balaban J connectivity index is 0.00000108. The van der Waals surface area contributed by atoms with Crippen LogP contribution in [-0.4, -0.2) is 29.0 Å². The highest BCUT2D eigenvalue weighted by molar-refractivity contribution is 5.85. The summed E-state index contributed by atoms with van der Waals surface area (Å²) >= 11 is 0. The second kappa shape index (κ2) is 4.54. The topological polar surface area (TPSA) is 16.1 Å². The third kappa shape index (κ3) is 2.06. The van der Waals surface area contributed by atoms with E-state index >= 15 is 0 Å². The van der Waals surface area contributed by atoms with Crippen molar-refractivity contribution in [2.24, 2.45) is 0 Å². The number of nitrogens with zero attached hydrogens (tertiary/aromatic N) is 2. The van der Waals surface area contributed by atoms with E-state index in [1.165, 1.54) is 0 Å². The lowest BCUT2D eigenvalue weighted by molar-refractivity contribution is 0.0215. The Bertz CT molecular complexity index is 370. The van der Waals surface area contributed by atoms with E-state index in [2.05, 4.69) is 16.9 Å². The molecule has 2 aliphatic rings. The Kier molecular flexibility index (Phi) is 3.41. The van der Waals surface area contributed by atoms with Crippen LogP contribution in [0.2, 0.25) is 0 Å². The molecule has 0 N–H and O–H groups in total. The Morgan fingerprint density at radius 2 is 2.00 bits per heavy atom. The molecule has 0 radical (unpaired) electrons. The fourth-order valence-electron chi connectivity index (χ4n) is 3.28. The maximum absolute atomic E-state index is 15.0. The Labute approximate surface area is 108 Å². The molecule has 2 aliphatic heterocycles. The highest BCUT2D eigenvalue weighted by Crippen LogP contribution is 2.47. The van der Waals surface area contributed by atoms with Gasteiger partial charge in [-0.25, -0.2) is 4.39 Å². The van der Waals surface area contributed by atoms with E-state index in [0.717, 1.165) is 18.4 Å². The van der Waals surface area contributed by atoms with Crippen molar-refractivity contribution in [2.75, 3.05) is 7.05 Å². The average Bonchev–Trinajstić information content (AvgIpc) is 2.54. The summed E-state index contributed by atoms with van der Waals surface area (Å²) in [5, 5.41) is 0. The van der Waals surface area contributed by atoms with E-state index in [-0.39, 0.29) is 12.4 Å². The van der Waals surface area contributed by atoms with Crippen LogP contribution in [0.3, 0.4) is 0 Å². The first-order valence-corrected chi connectivity index (χ1v) is 6.00. The van der Waals surface area contributed by atoms with Gasteiger partial charge in [0.25, 0.3) is 0 Å². The highest BCUT2D eigenvalue weighted by Gasteiger charge is 2.48. The molecule has 2 fully saturated rings. The van der Waals surface area contributed by atoms with Crippen LogP contribution in [-0.2, 0) is 5.67 Å². The summed E-state index contributed by atoms with van der Waals surface area (Å²) in [6.45, 7) is 0. The second-order valence-electron chi connectivity index (χ2n) is 5.17. The maximum Gasteiger partial charge on any atom is 0.140 e. The molecule has 0 spiro atoms. The Hall–Kier alpha value is -0.670.